The molecular weight excluding hydrogens is 525 g/mol. The maximum Gasteiger partial charge on any atom is 0.218 e. The van der Waals surface area contributed by atoms with E-state index >= 15 is 0 Å². The van der Waals surface area contributed by atoms with E-state index in [1.54, 1.807) is 13.3 Å². The Kier molecular flexibility index (Phi) is 12.2. The molecule has 1 aliphatic heterocycles. The maximum atomic E-state index is 5.73. The number of ether oxygens (including phenoxy) is 2. The van der Waals surface area contributed by atoms with Gasteiger partial charge >= 0.3 is 0 Å². The van der Waals surface area contributed by atoms with Gasteiger partial charge in [-0.05, 0) is 50.4 Å². The van der Waals surface area contributed by atoms with Crippen molar-refractivity contribution in [3.05, 3.63) is 46.3 Å². The van der Waals surface area contributed by atoms with Gasteiger partial charge in [0.15, 0.2) is 5.96 Å². The lowest BCUT2D eigenvalue weighted by molar-refractivity contribution is 0.143. The number of aliphatic imine (C=N–C) groups is 1. The van der Waals surface area contributed by atoms with E-state index in [4.69, 9.17) is 14.5 Å². The zero-order valence-electron chi connectivity index (χ0n) is 18.4. The topological polar surface area (TPSA) is 71.0 Å². The van der Waals surface area contributed by atoms with Gasteiger partial charge in [-0.3, -0.25) is 4.90 Å². The van der Waals surface area contributed by atoms with Crippen molar-refractivity contribution in [3.63, 3.8) is 0 Å². The number of hydrogen-bond acceptors (Lipinski definition) is 6. The molecule has 0 aromatic carbocycles. The summed E-state index contributed by atoms with van der Waals surface area (Å²) in [7, 11) is 1.66. The first-order valence-electron chi connectivity index (χ1n) is 10.7. The fourth-order valence-corrected chi connectivity index (χ4v) is 4.40. The molecule has 172 valence electrons. The average molecular weight is 560 g/mol. The molecule has 1 fully saturated rings. The normalized spacial score (nSPS) is 15.4. The highest BCUT2D eigenvalue weighted by Gasteiger charge is 2.24. The second-order valence-electron chi connectivity index (χ2n) is 7.16. The van der Waals surface area contributed by atoms with Gasteiger partial charge in [-0.15, -0.1) is 35.3 Å². The quantitative estimate of drug-likeness (QED) is 0.190. The van der Waals surface area contributed by atoms with Gasteiger partial charge in [-0.2, -0.15) is 0 Å². The minimum absolute atomic E-state index is 0. The van der Waals surface area contributed by atoms with Crippen molar-refractivity contribution in [1.82, 2.24) is 20.5 Å². The van der Waals surface area contributed by atoms with Gasteiger partial charge in [-0.25, -0.2) is 9.98 Å². The van der Waals surface area contributed by atoms with Crippen molar-refractivity contribution in [3.8, 4) is 5.88 Å². The monoisotopic (exact) mass is 559 g/mol. The highest BCUT2D eigenvalue weighted by molar-refractivity contribution is 14.0. The first-order chi connectivity index (χ1) is 14.8. The van der Waals surface area contributed by atoms with Crippen molar-refractivity contribution < 1.29 is 9.47 Å². The van der Waals surface area contributed by atoms with Gasteiger partial charge < -0.3 is 20.1 Å². The number of rotatable bonds is 11. The number of thiophene rings is 1. The molecule has 0 spiro atoms. The maximum absolute atomic E-state index is 5.73. The lowest BCUT2D eigenvalue weighted by atomic mass is 10.2. The first kappa shape index (κ1) is 25.8. The van der Waals surface area contributed by atoms with E-state index in [0.29, 0.717) is 31.7 Å². The smallest absolute Gasteiger partial charge is 0.218 e. The predicted octanol–water partition coefficient (Wildman–Crippen LogP) is 3.68. The molecule has 0 amide bonds. The number of nitrogens with one attached hydrogen (secondary N) is 2. The molecule has 1 saturated heterocycles. The van der Waals surface area contributed by atoms with Crippen LogP contribution in [0.2, 0.25) is 0 Å². The van der Waals surface area contributed by atoms with Crippen molar-refractivity contribution in [2.45, 2.75) is 32.4 Å². The average Bonchev–Trinajstić information content (AvgIpc) is 3.48. The summed E-state index contributed by atoms with van der Waals surface area (Å²) in [6.07, 6.45) is 4.30. The largest absolute Gasteiger partial charge is 0.475 e. The number of aromatic nitrogens is 1. The third-order valence-corrected chi connectivity index (χ3v) is 6.02. The fourth-order valence-electron chi connectivity index (χ4n) is 3.54. The molecular formula is C22H34IN5O2S. The lowest BCUT2D eigenvalue weighted by Gasteiger charge is -2.27. The number of guanidine groups is 1. The Hall–Kier alpha value is -1.43. The predicted molar refractivity (Wildman–Crippen MR) is 138 cm³/mol. The van der Waals surface area contributed by atoms with E-state index in [1.165, 1.54) is 17.7 Å². The molecule has 1 atom stereocenters. The highest BCUT2D eigenvalue weighted by Crippen LogP contribution is 2.27. The van der Waals surface area contributed by atoms with Gasteiger partial charge in [0.1, 0.15) is 6.61 Å². The molecule has 0 aliphatic carbocycles. The summed E-state index contributed by atoms with van der Waals surface area (Å²) in [4.78, 5) is 13.1. The summed E-state index contributed by atoms with van der Waals surface area (Å²) in [5, 5.41) is 9.07. The molecule has 0 radical (unpaired) electrons. The number of methoxy groups -OCH3 is 1. The van der Waals surface area contributed by atoms with Crippen LogP contribution < -0.4 is 15.4 Å². The second-order valence-corrected chi connectivity index (χ2v) is 8.14. The van der Waals surface area contributed by atoms with Gasteiger partial charge in [0.2, 0.25) is 5.88 Å². The van der Waals surface area contributed by atoms with E-state index in [-0.39, 0.29) is 24.0 Å². The second kappa shape index (κ2) is 14.6. The van der Waals surface area contributed by atoms with Crippen LogP contribution in [-0.2, 0) is 11.3 Å². The summed E-state index contributed by atoms with van der Waals surface area (Å²) in [5.41, 5.74) is 0.958. The van der Waals surface area contributed by atoms with E-state index in [9.17, 15) is 0 Å². The van der Waals surface area contributed by atoms with E-state index in [1.807, 2.05) is 23.5 Å². The molecule has 1 aliphatic rings. The Morgan fingerprint density at radius 2 is 2.06 bits per heavy atom. The fraction of sp³-hybridized carbons (Fsp3) is 0.545. The molecule has 1 unspecified atom stereocenters. The summed E-state index contributed by atoms with van der Waals surface area (Å²) in [5.74, 6) is 1.42. The van der Waals surface area contributed by atoms with Crippen LogP contribution in [0.25, 0.3) is 0 Å². The van der Waals surface area contributed by atoms with Gasteiger partial charge in [0, 0.05) is 36.8 Å². The number of pyridine rings is 1. The minimum Gasteiger partial charge on any atom is -0.475 e. The van der Waals surface area contributed by atoms with Gasteiger partial charge in [-0.1, -0.05) is 12.1 Å². The minimum atomic E-state index is 0. The van der Waals surface area contributed by atoms with E-state index in [2.05, 4.69) is 45.0 Å². The Balaban J connectivity index is 0.00000341. The Morgan fingerprint density at radius 1 is 1.23 bits per heavy atom. The third kappa shape index (κ3) is 8.21. The molecule has 0 saturated carbocycles. The summed E-state index contributed by atoms with van der Waals surface area (Å²) < 4.78 is 10.8. The Labute approximate surface area is 206 Å². The number of halogens is 1. The summed E-state index contributed by atoms with van der Waals surface area (Å²) in [6, 6.07) is 8.66. The molecule has 0 bridgehead atoms. The number of nitrogens with zero attached hydrogens (tertiary/aromatic N) is 3. The number of hydrogen-bond donors (Lipinski definition) is 2. The van der Waals surface area contributed by atoms with Crippen LogP contribution in [0.3, 0.4) is 0 Å². The molecule has 2 aromatic rings. The van der Waals surface area contributed by atoms with Crippen LogP contribution in [0.4, 0.5) is 0 Å². The van der Waals surface area contributed by atoms with Crippen LogP contribution in [0.15, 0.2) is 40.8 Å². The van der Waals surface area contributed by atoms with Crippen molar-refractivity contribution in [2.24, 2.45) is 4.99 Å². The first-order valence-corrected chi connectivity index (χ1v) is 11.5. The Bertz CT molecular complexity index is 769. The molecule has 7 nitrogen and oxygen atoms in total. The molecule has 31 heavy (non-hydrogen) atoms. The van der Waals surface area contributed by atoms with Crippen LogP contribution in [-0.4, -0.2) is 62.3 Å². The van der Waals surface area contributed by atoms with E-state index < -0.39 is 0 Å². The zero-order chi connectivity index (χ0) is 21.0. The molecule has 3 heterocycles. The molecule has 2 aromatic heterocycles. The van der Waals surface area contributed by atoms with Crippen molar-refractivity contribution >= 4 is 41.3 Å². The SMILES string of the molecule is CCNC(=NCc1cccnc1OCCOC)NCC(c1cccs1)N1CCCC1.I. The van der Waals surface area contributed by atoms with Crippen molar-refractivity contribution in [1.29, 1.82) is 0 Å². The third-order valence-electron chi connectivity index (χ3n) is 5.04. The summed E-state index contributed by atoms with van der Waals surface area (Å²) in [6.45, 7) is 7.55. The molecule has 3 rings (SSSR count). The summed E-state index contributed by atoms with van der Waals surface area (Å²) >= 11 is 1.83. The highest BCUT2D eigenvalue weighted by atomic mass is 127. The lowest BCUT2D eigenvalue weighted by Crippen LogP contribution is -2.42. The van der Waals surface area contributed by atoms with E-state index in [0.717, 1.165) is 37.7 Å². The van der Waals surface area contributed by atoms with Crippen LogP contribution in [0, 0.1) is 0 Å². The van der Waals surface area contributed by atoms with Gasteiger partial charge in [0.25, 0.3) is 0 Å². The van der Waals surface area contributed by atoms with Crippen LogP contribution in [0.5, 0.6) is 5.88 Å². The Morgan fingerprint density at radius 3 is 2.77 bits per heavy atom. The van der Waals surface area contributed by atoms with Crippen molar-refractivity contribution in [2.75, 3.05) is 46.5 Å². The standard InChI is InChI=1S/C22H33N5O2S.HI/c1-3-23-22(25-16-18-8-6-10-24-21(18)29-14-13-28-2)26-17-19(20-9-7-15-30-20)27-11-4-5-12-27;/h6-10,15,19H,3-5,11-14,16-17H2,1-2H3,(H2,23,25,26);1H. The van der Waals surface area contributed by atoms with Gasteiger partial charge in [0.05, 0.1) is 19.2 Å². The molecule has 9 heteroatoms. The van der Waals surface area contributed by atoms with Crippen LogP contribution in [0.1, 0.15) is 36.2 Å². The molecule has 2 N–H and O–H groups in total. The van der Waals surface area contributed by atoms with Crippen LogP contribution >= 0.6 is 35.3 Å². The number of likely N-dealkylation sites (tertiary alicyclic amines) is 1. The zero-order valence-corrected chi connectivity index (χ0v) is 21.5.